The molecule has 0 saturated heterocycles. The number of carbonyl (C=O) groups excluding carboxylic acids is 1. The zero-order valence-electron chi connectivity index (χ0n) is 16.4. The molecule has 0 aromatic heterocycles. The lowest BCUT2D eigenvalue weighted by Gasteiger charge is -2.18. The van der Waals surface area contributed by atoms with Gasteiger partial charge in [0.2, 0.25) is 0 Å². The number of carboxylic acids is 1. The summed E-state index contributed by atoms with van der Waals surface area (Å²) in [7, 11) is 0. The third-order valence-corrected chi connectivity index (χ3v) is 4.36. The van der Waals surface area contributed by atoms with Crippen molar-refractivity contribution in [3.63, 3.8) is 0 Å². The molecule has 9 heteroatoms. The molecule has 0 aliphatic carbocycles. The number of aliphatic carboxylic acids is 1. The number of hydrogen-bond donors (Lipinski definition) is 2. The molecule has 0 heterocycles. The Balaban J connectivity index is 0.000000553. The number of ether oxygens (including phenoxy) is 1. The van der Waals surface area contributed by atoms with Gasteiger partial charge in [0.05, 0.1) is 12.5 Å². The first-order valence-corrected chi connectivity index (χ1v) is 9.40. The van der Waals surface area contributed by atoms with E-state index in [9.17, 15) is 18.0 Å². The van der Waals surface area contributed by atoms with E-state index in [1.807, 2.05) is 55.5 Å². The van der Waals surface area contributed by atoms with Crippen molar-refractivity contribution in [2.24, 2.45) is 11.7 Å². The van der Waals surface area contributed by atoms with Gasteiger partial charge in [-0.15, -0.1) is 0 Å². The molecule has 0 amide bonds. The van der Waals surface area contributed by atoms with Gasteiger partial charge in [0.25, 0.3) is 0 Å². The zero-order chi connectivity index (χ0) is 22.9. The topological polar surface area (TPSA) is 89.6 Å². The second-order valence-electron chi connectivity index (χ2n) is 6.42. The van der Waals surface area contributed by atoms with Gasteiger partial charge in [-0.2, -0.15) is 13.2 Å². The number of rotatable bonds is 6. The average Bonchev–Trinajstić information content (AvgIpc) is 2.68. The first-order chi connectivity index (χ1) is 14.0. The zero-order valence-corrected chi connectivity index (χ0v) is 17.2. The first kappa shape index (κ1) is 25.5. The highest BCUT2D eigenvalue weighted by atomic mass is 35.5. The summed E-state index contributed by atoms with van der Waals surface area (Å²) in [6.07, 6.45) is -4.45. The second kappa shape index (κ2) is 11.6. The number of alkyl halides is 3. The summed E-state index contributed by atoms with van der Waals surface area (Å²) in [6, 6.07) is 15.7. The highest BCUT2D eigenvalue weighted by molar-refractivity contribution is 6.30. The van der Waals surface area contributed by atoms with Gasteiger partial charge in [-0.25, -0.2) is 4.79 Å². The van der Waals surface area contributed by atoms with Crippen LogP contribution in [0.1, 0.15) is 19.4 Å². The molecular weight excluding hydrogens is 423 g/mol. The standard InChI is InChI=1S/C19H22ClNO2.C2HF3O2/c1-3-23-19(22)13(2)18(21)11-14-7-9-15(10-8-14)16-5-4-6-17(20)12-16;3-2(4,5)1(6)7/h4-10,12-13,18H,3,11,21H2,1-2H3;(H,6,7)/t13?,18-;/m1./s1. The van der Waals surface area contributed by atoms with Crippen LogP contribution in [0.25, 0.3) is 11.1 Å². The van der Waals surface area contributed by atoms with Crippen LogP contribution in [-0.2, 0) is 20.7 Å². The van der Waals surface area contributed by atoms with Crippen molar-refractivity contribution in [3.8, 4) is 11.1 Å². The third kappa shape index (κ3) is 8.42. The maximum absolute atomic E-state index is 11.7. The number of esters is 1. The van der Waals surface area contributed by atoms with Crippen LogP contribution in [0.3, 0.4) is 0 Å². The number of halogens is 4. The molecule has 0 bridgehead atoms. The lowest BCUT2D eigenvalue weighted by Crippen LogP contribution is -2.36. The molecular formula is C21H23ClF3NO4. The molecule has 0 radical (unpaired) electrons. The van der Waals surface area contributed by atoms with Crippen LogP contribution in [-0.4, -0.2) is 35.9 Å². The molecule has 2 aromatic carbocycles. The molecule has 2 aromatic rings. The van der Waals surface area contributed by atoms with E-state index in [1.165, 1.54) is 0 Å². The average molecular weight is 446 g/mol. The summed E-state index contributed by atoms with van der Waals surface area (Å²) in [4.78, 5) is 20.6. The van der Waals surface area contributed by atoms with E-state index in [0.717, 1.165) is 21.7 Å². The molecule has 0 aliphatic heterocycles. The van der Waals surface area contributed by atoms with Crippen LogP contribution in [0.5, 0.6) is 0 Å². The van der Waals surface area contributed by atoms with Gasteiger partial charge < -0.3 is 15.6 Å². The van der Waals surface area contributed by atoms with Crippen molar-refractivity contribution in [2.45, 2.75) is 32.5 Å². The van der Waals surface area contributed by atoms with E-state index in [1.54, 1.807) is 6.92 Å². The van der Waals surface area contributed by atoms with E-state index in [4.69, 9.17) is 32.0 Å². The minimum absolute atomic E-state index is 0.240. The van der Waals surface area contributed by atoms with Crippen LogP contribution in [0.15, 0.2) is 48.5 Å². The van der Waals surface area contributed by atoms with Crippen molar-refractivity contribution >= 4 is 23.5 Å². The molecule has 2 rings (SSSR count). The van der Waals surface area contributed by atoms with E-state index < -0.39 is 12.1 Å². The quantitative estimate of drug-likeness (QED) is 0.628. The van der Waals surface area contributed by atoms with Crippen molar-refractivity contribution in [1.82, 2.24) is 0 Å². The summed E-state index contributed by atoms with van der Waals surface area (Å²) in [5.74, 6) is -3.31. The van der Waals surface area contributed by atoms with Crippen LogP contribution in [0, 0.1) is 5.92 Å². The van der Waals surface area contributed by atoms with E-state index in [2.05, 4.69) is 0 Å². The Morgan fingerprint density at radius 2 is 1.70 bits per heavy atom. The van der Waals surface area contributed by atoms with Crippen molar-refractivity contribution < 1.29 is 32.6 Å². The monoisotopic (exact) mass is 445 g/mol. The van der Waals surface area contributed by atoms with Crippen LogP contribution in [0.4, 0.5) is 13.2 Å². The van der Waals surface area contributed by atoms with E-state index in [0.29, 0.717) is 13.0 Å². The van der Waals surface area contributed by atoms with Crippen LogP contribution in [0.2, 0.25) is 5.02 Å². The van der Waals surface area contributed by atoms with Gasteiger partial charge in [0.1, 0.15) is 0 Å². The maximum Gasteiger partial charge on any atom is 0.490 e. The fourth-order valence-electron chi connectivity index (χ4n) is 2.40. The van der Waals surface area contributed by atoms with Gasteiger partial charge in [0, 0.05) is 11.1 Å². The Kier molecular flexibility index (Phi) is 9.81. The summed E-state index contributed by atoms with van der Waals surface area (Å²) < 4.78 is 36.8. The Labute approximate surface area is 177 Å². The molecule has 0 saturated carbocycles. The van der Waals surface area contributed by atoms with Gasteiger partial charge in [-0.1, -0.05) is 54.9 Å². The van der Waals surface area contributed by atoms with Crippen molar-refractivity contribution in [3.05, 3.63) is 59.1 Å². The van der Waals surface area contributed by atoms with Gasteiger partial charge in [-0.05, 0) is 42.2 Å². The summed E-state index contributed by atoms with van der Waals surface area (Å²) in [5, 5.41) is 7.84. The predicted octanol–water partition coefficient (Wildman–Crippen LogP) is 4.71. The van der Waals surface area contributed by atoms with Crippen LogP contribution >= 0.6 is 11.6 Å². The van der Waals surface area contributed by atoms with Crippen LogP contribution < -0.4 is 5.73 Å². The second-order valence-corrected chi connectivity index (χ2v) is 6.86. The number of nitrogens with two attached hydrogens (primary N) is 1. The van der Waals surface area contributed by atoms with Gasteiger partial charge >= 0.3 is 18.1 Å². The normalized spacial score (nSPS) is 12.9. The highest BCUT2D eigenvalue weighted by Gasteiger charge is 2.38. The van der Waals surface area contributed by atoms with Crippen molar-refractivity contribution in [1.29, 1.82) is 0 Å². The Hall–Kier alpha value is -2.58. The lowest BCUT2D eigenvalue weighted by molar-refractivity contribution is -0.192. The van der Waals surface area contributed by atoms with Crippen molar-refractivity contribution in [2.75, 3.05) is 6.61 Å². The number of carbonyl (C=O) groups is 2. The minimum Gasteiger partial charge on any atom is -0.475 e. The molecule has 0 fully saturated rings. The van der Waals surface area contributed by atoms with Gasteiger partial charge in [-0.3, -0.25) is 4.79 Å². The van der Waals surface area contributed by atoms with Gasteiger partial charge in [0.15, 0.2) is 0 Å². The molecule has 3 N–H and O–H groups in total. The largest absolute Gasteiger partial charge is 0.490 e. The summed E-state index contributed by atoms with van der Waals surface area (Å²) in [6.45, 7) is 3.98. The molecule has 0 spiro atoms. The molecule has 5 nitrogen and oxygen atoms in total. The molecule has 0 aliphatic rings. The SMILES string of the molecule is CCOC(=O)C(C)[C@H](N)Cc1ccc(-c2cccc(Cl)c2)cc1.O=C(O)C(F)(F)F. The molecule has 1 unspecified atom stereocenters. The first-order valence-electron chi connectivity index (χ1n) is 9.02. The Morgan fingerprint density at radius 3 is 2.17 bits per heavy atom. The predicted molar refractivity (Wildman–Crippen MR) is 108 cm³/mol. The van der Waals surface area contributed by atoms with E-state index >= 15 is 0 Å². The fraction of sp³-hybridized carbons (Fsp3) is 0.333. The molecule has 164 valence electrons. The third-order valence-electron chi connectivity index (χ3n) is 4.13. The fourth-order valence-corrected chi connectivity index (χ4v) is 2.59. The molecule has 2 atom stereocenters. The summed E-state index contributed by atoms with van der Waals surface area (Å²) >= 11 is 6.02. The maximum atomic E-state index is 11.7. The lowest BCUT2D eigenvalue weighted by atomic mass is 9.94. The molecule has 30 heavy (non-hydrogen) atoms. The highest BCUT2D eigenvalue weighted by Crippen LogP contribution is 2.23. The smallest absolute Gasteiger partial charge is 0.475 e. The number of benzene rings is 2. The Morgan fingerprint density at radius 1 is 1.13 bits per heavy atom. The summed E-state index contributed by atoms with van der Waals surface area (Å²) in [5.41, 5.74) is 9.41. The number of carboxylic acid groups (broad SMARTS) is 1. The Bertz CT molecular complexity index is 841. The number of hydrogen-bond acceptors (Lipinski definition) is 4. The van der Waals surface area contributed by atoms with E-state index in [-0.39, 0.29) is 17.9 Å². The minimum atomic E-state index is -5.08.